The summed E-state index contributed by atoms with van der Waals surface area (Å²) in [7, 11) is 2.54. The van der Waals surface area contributed by atoms with Crippen molar-refractivity contribution >= 4 is 7.85 Å². The van der Waals surface area contributed by atoms with Crippen LogP contribution in [0.25, 0.3) is 0 Å². The molecule has 1 rings (SSSR count). The van der Waals surface area contributed by atoms with E-state index in [1.807, 2.05) is 0 Å². The van der Waals surface area contributed by atoms with E-state index >= 15 is 0 Å². The van der Waals surface area contributed by atoms with Gasteiger partial charge in [-0.2, -0.15) is 0 Å². The summed E-state index contributed by atoms with van der Waals surface area (Å²) in [6, 6.07) is 0. The molecule has 0 aliphatic heterocycles. The third kappa shape index (κ3) is 2.40. The van der Waals surface area contributed by atoms with E-state index in [0.29, 0.717) is 27.0 Å². The summed E-state index contributed by atoms with van der Waals surface area (Å²) in [6.07, 6.45) is 2.68. The monoisotopic (exact) mass is 264 g/mol. The highest BCUT2D eigenvalue weighted by molar-refractivity contribution is 6.16. The molecular weight excluding hydrogens is 227 g/mol. The van der Waals surface area contributed by atoms with Crippen LogP contribution in [0.2, 0.25) is 5.31 Å². The van der Waals surface area contributed by atoms with Gasteiger partial charge in [0.15, 0.2) is 0 Å². The maximum atomic E-state index is 2.54. The molecule has 1 fully saturated rings. The Kier molecular flexibility index (Phi) is 3.85. The summed E-state index contributed by atoms with van der Waals surface area (Å²) in [5.74, 6) is 0.790. The van der Waals surface area contributed by atoms with Crippen LogP contribution in [0.3, 0.4) is 0 Å². The first-order valence-electron chi connectivity index (χ1n) is 8.08. The van der Waals surface area contributed by atoms with E-state index in [2.05, 4.69) is 77.1 Å². The van der Waals surface area contributed by atoms with Crippen molar-refractivity contribution in [2.24, 2.45) is 27.6 Å². The van der Waals surface area contributed by atoms with Crippen LogP contribution in [0.15, 0.2) is 0 Å². The van der Waals surface area contributed by atoms with Gasteiger partial charge in [0.25, 0.3) is 0 Å². The molecule has 1 heteroatoms. The molecule has 19 heavy (non-hydrogen) atoms. The van der Waals surface area contributed by atoms with E-state index in [-0.39, 0.29) is 0 Å². The summed E-state index contributed by atoms with van der Waals surface area (Å²) in [4.78, 5) is 0. The summed E-state index contributed by atoms with van der Waals surface area (Å²) < 4.78 is 0. The van der Waals surface area contributed by atoms with Gasteiger partial charge >= 0.3 is 0 Å². The Labute approximate surface area is 123 Å². The maximum absolute atomic E-state index is 2.54. The Balaban J connectivity index is 3.35. The molecule has 0 spiro atoms. The first-order chi connectivity index (χ1) is 8.08. The smallest absolute Gasteiger partial charge is 0.0619 e. The average molecular weight is 264 g/mol. The number of hydrogen-bond acceptors (Lipinski definition) is 0. The van der Waals surface area contributed by atoms with Crippen molar-refractivity contribution in [3.05, 3.63) is 0 Å². The molecule has 0 aromatic heterocycles. The van der Waals surface area contributed by atoms with Crippen molar-refractivity contribution in [1.29, 1.82) is 0 Å². The second-order valence-electron chi connectivity index (χ2n) is 10.4. The standard InChI is InChI=1S/C18H37B/c1-13-11-16(8,9)18(19,15(5,6)7)12-17(13,10)14(2,3)4/h13H,11-12,19H2,1-10H3. The predicted octanol–water partition coefficient (Wildman–Crippen LogP) is 5.33. The zero-order chi connectivity index (χ0) is 15.5. The van der Waals surface area contributed by atoms with Crippen molar-refractivity contribution in [1.82, 2.24) is 0 Å². The molecule has 0 heterocycles. The molecule has 3 atom stereocenters. The van der Waals surface area contributed by atoms with Gasteiger partial charge in [-0.15, -0.1) is 0 Å². The molecule has 0 aromatic carbocycles. The molecule has 1 aliphatic carbocycles. The fourth-order valence-electron chi connectivity index (χ4n) is 4.65. The summed E-state index contributed by atoms with van der Waals surface area (Å²) >= 11 is 0. The lowest BCUT2D eigenvalue weighted by molar-refractivity contribution is -0.0930. The molecule has 0 nitrogen and oxygen atoms in total. The van der Waals surface area contributed by atoms with E-state index < -0.39 is 0 Å². The zero-order valence-electron chi connectivity index (χ0n) is 15.5. The number of hydrogen-bond donors (Lipinski definition) is 0. The Hall–Kier alpha value is 0.0649. The van der Waals surface area contributed by atoms with Gasteiger partial charge in [-0.3, -0.25) is 0 Å². The van der Waals surface area contributed by atoms with Crippen molar-refractivity contribution < 1.29 is 0 Å². The normalized spacial score (nSPS) is 40.2. The van der Waals surface area contributed by atoms with Crippen molar-refractivity contribution in [3.8, 4) is 0 Å². The highest BCUT2D eigenvalue weighted by Gasteiger charge is 2.59. The fourth-order valence-corrected chi connectivity index (χ4v) is 4.65. The molecular formula is C18H37B. The number of rotatable bonds is 0. The maximum Gasteiger partial charge on any atom is 0.110 e. The highest BCUT2D eigenvalue weighted by atomic mass is 14.6. The van der Waals surface area contributed by atoms with Crippen molar-refractivity contribution in [2.75, 3.05) is 0 Å². The van der Waals surface area contributed by atoms with Gasteiger partial charge in [0.05, 0.1) is 0 Å². The molecule has 0 amide bonds. The van der Waals surface area contributed by atoms with Gasteiger partial charge < -0.3 is 0 Å². The van der Waals surface area contributed by atoms with Gasteiger partial charge in [-0.1, -0.05) is 69.2 Å². The van der Waals surface area contributed by atoms with E-state index in [0.717, 1.165) is 5.92 Å². The van der Waals surface area contributed by atoms with Gasteiger partial charge in [0.2, 0.25) is 0 Å². The molecule has 0 aromatic rings. The largest absolute Gasteiger partial charge is 0.110 e. The molecule has 1 aliphatic rings. The second-order valence-corrected chi connectivity index (χ2v) is 10.4. The third-order valence-corrected chi connectivity index (χ3v) is 7.49. The Morgan fingerprint density at radius 3 is 1.63 bits per heavy atom. The Morgan fingerprint density at radius 2 is 1.32 bits per heavy atom. The summed E-state index contributed by atoms with van der Waals surface area (Å²) in [5.41, 5.74) is 1.55. The topological polar surface area (TPSA) is 0 Å². The van der Waals surface area contributed by atoms with E-state index in [1.54, 1.807) is 0 Å². The summed E-state index contributed by atoms with van der Waals surface area (Å²) in [6.45, 7) is 24.6. The van der Waals surface area contributed by atoms with Crippen LogP contribution in [0.4, 0.5) is 0 Å². The molecule has 3 unspecified atom stereocenters. The van der Waals surface area contributed by atoms with Crippen LogP contribution >= 0.6 is 0 Å². The highest BCUT2D eigenvalue weighted by Crippen LogP contribution is 2.71. The van der Waals surface area contributed by atoms with Crippen LogP contribution in [-0.2, 0) is 0 Å². The van der Waals surface area contributed by atoms with E-state index in [4.69, 9.17) is 0 Å². The first-order valence-corrected chi connectivity index (χ1v) is 8.08. The third-order valence-electron chi connectivity index (χ3n) is 7.49. The molecule has 0 saturated heterocycles. The van der Waals surface area contributed by atoms with Crippen LogP contribution in [0.5, 0.6) is 0 Å². The minimum absolute atomic E-state index is 0.350. The lowest BCUT2D eigenvalue weighted by Crippen LogP contribution is -2.55. The van der Waals surface area contributed by atoms with Crippen LogP contribution in [0.1, 0.15) is 82.1 Å². The molecule has 0 radical (unpaired) electrons. The SMILES string of the molecule is BC1(C(C)(C)C)CC(C)(C(C)(C)C)C(C)CC1(C)C. The Morgan fingerprint density at radius 1 is 0.895 bits per heavy atom. The van der Waals surface area contributed by atoms with Crippen molar-refractivity contribution in [3.63, 3.8) is 0 Å². The minimum Gasteiger partial charge on any atom is -0.0619 e. The average Bonchev–Trinajstić information content (AvgIpc) is 2.10. The minimum atomic E-state index is 0.350. The Bertz CT molecular complexity index is 342. The zero-order valence-corrected chi connectivity index (χ0v) is 15.5. The van der Waals surface area contributed by atoms with Crippen LogP contribution < -0.4 is 0 Å². The van der Waals surface area contributed by atoms with Gasteiger partial charge in [-0.25, -0.2) is 0 Å². The van der Waals surface area contributed by atoms with Crippen molar-refractivity contribution in [2.45, 2.75) is 87.4 Å². The van der Waals surface area contributed by atoms with Crippen LogP contribution in [0, 0.1) is 27.6 Å². The molecule has 0 N–H and O–H groups in total. The van der Waals surface area contributed by atoms with Gasteiger partial charge in [0.1, 0.15) is 7.85 Å². The predicted molar refractivity (Wildman–Crippen MR) is 90.4 cm³/mol. The molecule has 1 saturated carbocycles. The van der Waals surface area contributed by atoms with E-state index in [1.165, 1.54) is 12.8 Å². The van der Waals surface area contributed by atoms with Gasteiger partial charge in [-0.05, 0) is 45.7 Å². The lowest BCUT2D eigenvalue weighted by atomic mass is 9.33. The second kappa shape index (κ2) is 4.28. The van der Waals surface area contributed by atoms with E-state index in [9.17, 15) is 0 Å². The molecule has 0 bridgehead atoms. The van der Waals surface area contributed by atoms with Crippen LogP contribution in [-0.4, -0.2) is 7.85 Å². The fraction of sp³-hybridized carbons (Fsp3) is 1.00. The lowest BCUT2D eigenvalue weighted by Gasteiger charge is -2.66. The molecule has 112 valence electrons. The first kappa shape index (κ1) is 17.1. The quantitative estimate of drug-likeness (QED) is 0.518. The summed E-state index contributed by atoms with van der Waals surface area (Å²) in [5, 5.41) is 0.383. The van der Waals surface area contributed by atoms with Gasteiger partial charge in [0, 0.05) is 0 Å².